The number of pyridine rings is 2. The molecule has 542 valence electrons. The summed E-state index contributed by atoms with van der Waals surface area (Å²) in [5, 5.41) is 12.4. The predicted octanol–water partition coefficient (Wildman–Crippen LogP) is 29.0. The highest BCUT2D eigenvalue weighted by Crippen LogP contribution is 2.44. The van der Waals surface area contributed by atoms with E-state index in [9.17, 15) is 0 Å². The third kappa shape index (κ3) is 11.8. The van der Waals surface area contributed by atoms with Gasteiger partial charge >= 0.3 is 0 Å². The third-order valence-corrected chi connectivity index (χ3v) is 23.2. The highest BCUT2D eigenvalue weighted by atomic mass is 15.0. The van der Waals surface area contributed by atoms with E-state index in [0.717, 1.165) is 67.5 Å². The average molecular weight is 1480 g/mol. The molecule has 6 heterocycles. The van der Waals surface area contributed by atoms with Crippen LogP contribution in [-0.2, 0) is 0 Å². The smallest absolute Gasteiger partial charge is 0.0715 e. The molecule has 0 unspecified atom stereocenters. The molecule has 0 amide bonds. The van der Waals surface area contributed by atoms with Gasteiger partial charge in [0.25, 0.3) is 0 Å². The summed E-state index contributed by atoms with van der Waals surface area (Å²) in [5.41, 5.74) is 31.8. The normalized spacial score (nSPS) is 11.6. The van der Waals surface area contributed by atoms with Crippen LogP contribution in [0.2, 0.25) is 0 Å². The van der Waals surface area contributed by atoms with Crippen LogP contribution in [0.15, 0.2) is 437 Å². The molecule has 0 atom stereocenters. The molecule has 6 aromatic heterocycles. The van der Waals surface area contributed by atoms with E-state index in [1.165, 1.54) is 143 Å². The molecule has 116 heavy (non-hydrogen) atoms. The molecule has 0 radical (unpaired) electrons. The second-order valence-electron chi connectivity index (χ2n) is 30.0. The van der Waals surface area contributed by atoms with Crippen LogP contribution in [0.5, 0.6) is 0 Å². The zero-order valence-electron chi connectivity index (χ0n) is 63.3. The highest BCUT2D eigenvalue weighted by Gasteiger charge is 2.22. The quantitative estimate of drug-likeness (QED) is 0.122. The minimum atomic E-state index is 0.950. The van der Waals surface area contributed by atoms with Crippen molar-refractivity contribution in [2.45, 2.75) is 0 Å². The molecule has 0 aliphatic rings. The summed E-state index contributed by atoms with van der Waals surface area (Å²) < 4.78 is 9.58. The molecule has 6 heteroatoms. The van der Waals surface area contributed by atoms with E-state index in [1.54, 1.807) is 0 Å². The van der Waals surface area contributed by atoms with Crippen LogP contribution < -0.4 is 0 Å². The summed E-state index contributed by atoms with van der Waals surface area (Å²) in [6.07, 6.45) is 0. The third-order valence-electron chi connectivity index (χ3n) is 23.2. The second kappa shape index (κ2) is 28.4. The molecule has 0 saturated carbocycles. The zero-order valence-corrected chi connectivity index (χ0v) is 63.3. The molecule has 0 aliphatic heterocycles. The lowest BCUT2D eigenvalue weighted by Crippen LogP contribution is -1.95. The van der Waals surface area contributed by atoms with Crippen LogP contribution in [0, 0.1) is 0 Å². The molecule has 17 aromatic carbocycles. The summed E-state index contributed by atoms with van der Waals surface area (Å²) in [6.45, 7) is 0. The first kappa shape index (κ1) is 67.4. The van der Waals surface area contributed by atoms with Crippen LogP contribution in [0.25, 0.3) is 210 Å². The van der Waals surface area contributed by atoms with Crippen molar-refractivity contribution in [3.8, 4) is 112 Å². The lowest BCUT2D eigenvalue weighted by Gasteiger charge is -2.12. The number of rotatable bonds is 12. The lowest BCUT2D eigenvalue weighted by atomic mass is 10.00. The largest absolute Gasteiger partial charge is 0.309 e. The SMILES string of the molecule is c1ccc(-c2cc(-c3ccccc3)nc(-c3ccc(-n4c5ccccc5c5cc(-c6ccc7c(c6)c6ccccc6n7-c6cccc7ccccc67)ccc54)cc3)c2)cc1.c1ccc(-c2cc(-c3ccccc3)nc(-c3ccc(-n4c5ccccc5c5cc(-c6ccc7c(c6)c6ccccc6n7-c6ccccc6)ccc54)cc3)c2)cc1. The van der Waals surface area contributed by atoms with Crippen LogP contribution in [0.3, 0.4) is 0 Å². The number of benzene rings is 17. The Kier molecular flexibility index (Phi) is 16.5. The Labute approximate surface area is 670 Å². The first-order valence-corrected chi connectivity index (χ1v) is 39.7. The fourth-order valence-corrected chi connectivity index (χ4v) is 17.7. The van der Waals surface area contributed by atoms with Crippen LogP contribution in [-0.4, -0.2) is 28.2 Å². The number of aromatic nitrogens is 6. The monoisotopic (exact) mass is 1480 g/mol. The molecule has 0 bridgehead atoms. The predicted molar refractivity (Wildman–Crippen MR) is 487 cm³/mol. The van der Waals surface area contributed by atoms with E-state index < -0.39 is 0 Å². The van der Waals surface area contributed by atoms with Gasteiger partial charge in [-0.25, -0.2) is 9.97 Å². The fraction of sp³-hybridized carbons (Fsp3) is 0. The second-order valence-corrected chi connectivity index (χ2v) is 30.0. The topological polar surface area (TPSA) is 45.5 Å². The van der Waals surface area contributed by atoms with E-state index in [0.29, 0.717) is 0 Å². The lowest BCUT2D eigenvalue weighted by molar-refractivity contribution is 1.18. The Hall–Kier alpha value is -15.5. The maximum absolute atomic E-state index is 5.19. The first-order chi connectivity index (χ1) is 57.5. The number of hydrogen-bond donors (Lipinski definition) is 0. The van der Waals surface area contributed by atoms with E-state index in [2.05, 4.69) is 443 Å². The van der Waals surface area contributed by atoms with Crippen LogP contribution >= 0.6 is 0 Å². The number of fused-ring (bicyclic) bond motifs is 13. The van der Waals surface area contributed by atoms with Gasteiger partial charge in [0.15, 0.2) is 0 Å². The summed E-state index contributed by atoms with van der Waals surface area (Å²) in [4.78, 5) is 10.4. The van der Waals surface area contributed by atoms with Gasteiger partial charge in [-0.05, 0) is 189 Å². The van der Waals surface area contributed by atoms with Gasteiger partial charge in [0.1, 0.15) is 0 Å². The van der Waals surface area contributed by atoms with Crippen molar-refractivity contribution in [3.05, 3.63) is 437 Å². The molecule has 0 saturated heterocycles. The van der Waals surface area contributed by atoms with Gasteiger partial charge in [-0.3, -0.25) is 0 Å². The zero-order chi connectivity index (χ0) is 76.6. The van der Waals surface area contributed by atoms with Crippen molar-refractivity contribution in [2.75, 3.05) is 0 Å². The van der Waals surface area contributed by atoms with Crippen molar-refractivity contribution in [1.29, 1.82) is 0 Å². The molecule has 0 aliphatic carbocycles. The number of nitrogens with zero attached hydrogens (tertiary/aromatic N) is 6. The molecular weight excluding hydrogens is 1410 g/mol. The number of para-hydroxylation sites is 5. The van der Waals surface area contributed by atoms with Crippen LogP contribution in [0.1, 0.15) is 0 Å². The maximum Gasteiger partial charge on any atom is 0.0715 e. The maximum atomic E-state index is 5.19. The summed E-state index contributed by atoms with van der Waals surface area (Å²) in [6, 6.07) is 157. The van der Waals surface area contributed by atoms with Crippen molar-refractivity contribution in [3.63, 3.8) is 0 Å². The van der Waals surface area contributed by atoms with E-state index >= 15 is 0 Å². The van der Waals surface area contributed by atoms with Crippen molar-refractivity contribution < 1.29 is 0 Å². The van der Waals surface area contributed by atoms with Gasteiger partial charge in [-0.1, -0.05) is 297 Å². The molecule has 0 N–H and O–H groups in total. The van der Waals surface area contributed by atoms with Gasteiger partial charge in [-0.15, -0.1) is 0 Å². The molecule has 23 aromatic rings. The molecule has 6 nitrogen and oxygen atoms in total. The standard InChI is InChI=1S/C57H37N3.C53H35N3/c1-3-14-38(15-4-1)44-36-51(40-17-5-2-6-18-40)58-52(37-44)41-26-30-45(31-27-41)59-54-23-11-9-21-47(54)49-34-42(28-32-56(49)59)43-29-33-57-50(35-43)48-22-10-12-24-55(48)60(57)53-25-13-19-39-16-7-8-20-46(39)53;1-4-14-36(15-5-1)41-34-48(37-16-6-2-7-17-37)54-49(35-41)38-24-28-43(29-25-38)56-51-23-13-11-21-45(51)47-33-40(27-31-53(47)56)39-26-30-52-46(32-39)44-20-10-12-22-50(44)55(52)42-18-8-3-9-19-42/h1-37H;1-35H. The molecule has 0 spiro atoms. The Bertz CT molecular complexity index is 7590. The molecular formula is C110H72N6. The van der Waals surface area contributed by atoms with Crippen molar-refractivity contribution >= 4 is 98.0 Å². The van der Waals surface area contributed by atoms with Crippen molar-refractivity contribution in [1.82, 2.24) is 28.2 Å². The van der Waals surface area contributed by atoms with Gasteiger partial charge in [0.05, 0.1) is 72.6 Å². The van der Waals surface area contributed by atoms with Gasteiger partial charge in [0.2, 0.25) is 0 Å². The fourth-order valence-electron chi connectivity index (χ4n) is 17.7. The van der Waals surface area contributed by atoms with Crippen LogP contribution in [0.4, 0.5) is 0 Å². The summed E-state index contributed by atoms with van der Waals surface area (Å²) in [7, 11) is 0. The number of hydrogen-bond acceptors (Lipinski definition) is 2. The highest BCUT2D eigenvalue weighted by molar-refractivity contribution is 6.15. The van der Waals surface area contributed by atoms with Gasteiger partial charge in [0, 0.05) is 87.8 Å². The average Bonchev–Trinajstić information content (AvgIpc) is 1.59. The minimum Gasteiger partial charge on any atom is -0.309 e. The van der Waals surface area contributed by atoms with Crippen molar-refractivity contribution in [2.24, 2.45) is 0 Å². The summed E-state index contributed by atoms with van der Waals surface area (Å²) in [5.74, 6) is 0. The van der Waals surface area contributed by atoms with Gasteiger partial charge in [-0.2, -0.15) is 0 Å². The Morgan fingerprint density at radius 1 is 0.138 bits per heavy atom. The van der Waals surface area contributed by atoms with E-state index in [1.807, 2.05) is 12.1 Å². The molecule has 23 rings (SSSR count). The van der Waals surface area contributed by atoms with E-state index in [-0.39, 0.29) is 0 Å². The summed E-state index contributed by atoms with van der Waals surface area (Å²) >= 11 is 0. The Morgan fingerprint density at radius 2 is 0.388 bits per heavy atom. The Balaban J connectivity index is 0.000000141. The molecule has 0 fully saturated rings. The Morgan fingerprint density at radius 3 is 0.750 bits per heavy atom. The first-order valence-electron chi connectivity index (χ1n) is 39.7. The van der Waals surface area contributed by atoms with E-state index in [4.69, 9.17) is 9.97 Å². The minimum absolute atomic E-state index is 0.950. The van der Waals surface area contributed by atoms with Gasteiger partial charge < -0.3 is 18.3 Å².